The number of anilines is 1. The molecule has 3 aromatic carbocycles. The zero-order valence-corrected chi connectivity index (χ0v) is 22.1. The number of amides is 1. The highest BCUT2D eigenvalue weighted by Crippen LogP contribution is 2.38. The Labute approximate surface area is 215 Å². The van der Waals surface area contributed by atoms with Gasteiger partial charge in [0, 0.05) is 34.9 Å². The first kappa shape index (κ1) is 25.8. The van der Waals surface area contributed by atoms with Crippen LogP contribution in [0.2, 0.25) is 0 Å². The Morgan fingerprint density at radius 3 is 2.14 bits per heavy atom. The molecule has 0 unspecified atom stereocenters. The van der Waals surface area contributed by atoms with Crippen LogP contribution in [0.5, 0.6) is 11.5 Å². The van der Waals surface area contributed by atoms with Crippen molar-refractivity contribution in [2.45, 2.75) is 58.0 Å². The molecular formula is C31H38N2O3. The van der Waals surface area contributed by atoms with E-state index in [1.54, 1.807) is 7.11 Å². The van der Waals surface area contributed by atoms with E-state index in [0.717, 1.165) is 17.7 Å². The lowest BCUT2D eigenvalue weighted by molar-refractivity contribution is -0.0341. The Bertz CT molecular complexity index is 1150. The molecular weight excluding hydrogens is 448 g/mol. The van der Waals surface area contributed by atoms with Crippen molar-refractivity contribution < 1.29 is 14.3 Å². The fourth-order valence-electron chi connectivity index (χ4n) is 5.41. The van der Waals surface area contributed by atoms with E-state index in [2.05, 4.69) is 50.0 Å². The molecule has 0 saturated carbocycles. The molecule has 0 aliphatic carbocycles. The number of nitrogens with one attached hydrogen (secondary N) is 1. The van der Waals surface area contributed by atoms with E-state index in [1.807, 2.05) is 60.7 Å². The van der Waals surface area contributed by atoms with Crippen LogP contribution in [0.4, 0.5) is 5.69 Å². The largest absolute Gasteiger partial charge is 0.493 e. The van der Waals surface area contributed by atoms with Gasteiger partial charge in [-0.1, -0.05) is 42.5 Å². The SMILES string of the molecule is COc1ccc(NC(=O)c2ccc(-c3ccccc3)cc2)cc1OCCN1C(C)(C)CCCC1(C)C. The molecule has 1 heterocycles. The molecule has 1 saturated heterocycles. The molecule has 190 valence electrons. The second-order valence-corrected chi connectivity index (χ2v) is 10.7. The molecule has 1 aliphatic rings. The fraction of sp³-hybridized carbons (Fsp3) is 0.387. The minimum absolute atomic E-state index is 0.140. The van der Waals surface area contributed by atoms with Gasteiger partial charge in [0.05, 0.1) is 7.11 Å². The number of nitrogens with zero attached hydrogens (tertiary/aromatic N) is 1. The van der Waals surface area contributed by atoms with E-state index in [0.29, 0.717) is 29.4 Å². The number of methoxy groups -OCH3 is 1. The Morgan fingerprint density at radius 1 is 0.861 bits per heavy atom. The highest BCUT2D eigenvalue weighted by molar-refractivity contribution is 6.04. The third-order valence-corrected chi connectivity index (χ3v) is 7.29. The van der Waals surface area contributed by atoms with Gasteiger partial charge in [-0.05, 0) is 82.3 Å². The summed E-state index contributed by atoms with van der Waals surface area (Å²) < 4.78 is 11.7. The summed E-state index contributed by atoms with van der Waals surface area (Å²) in [6, 6.07) is 23.3. The first-order valence-corrected chi connectivity index (χ1v) is 12.7. The molecule has 4 rings (SSSR count). The Morgan fingerprint density at radius 2 is 1.50 bits per heavy atom. The van der Waals surface area contributed by atoms with Crippen LogP contribution in [0.1, 0.15) is 57.3 Å². The van der Waals surface area contributed by atoms with Crippen molar-refractivity contribution in [3.05, 3.63) is 78.4 Å². The van der Waals surface area contributed by atoms with Crippen LogP contribution in [0.3, 0.4) is 0 Å². The summed E-state index contributed by atoms with van der Waals surface area (Å²) in [4.78, 5) is 15.5. The van der Waals surface area contributed by atoms with Crippen LogP contribution in [0.15, 0.2) is 72.8 Å². The molecule has 0 radical (unpaired) electrons. The van der Waals surface area contributed by atoms with Crippen LogP contribution in [-0.4, -0.2) is 42.1 Å². The maximum Gasteiger partial charge on any atom is 0.255 e. The monoisotopic (exact) mass is 486 g/mol. The van der Waals surface area contributed by atoms with Crippen molar-refractivity contribution in [1.29, 1.82) is 0 Å². The number of carbonyl (C=O) groups excluding carboxylic acids is 1. The molecule has 5 heteroatoms. The first-order chi connectivity index (χ1) is 17.2. The number of likely N-dealkylation sites (tertiary alicyclic amines) is 1. The third kappa shape index (κ3) is 5.90. The van der Waals surface area contributed by atoms with Gasteiger partial charge in [0.25, 0.3) is 5.91 Å². The zero-order chi connectivity index (χ0) is 25.8. The summed E-state index contributed by atoms with van der Waals surface area (Å²) in [6.45, 7) is 10.6. The van der Waals surface area contributed by atoms with Gasteiger partial charge in [-0.2, -0.15) is 0 Å². The van der Waals surface area contributed by atoms with Crippen LogP contribution in [0.25, 0.3) is 11.1 Å². The predicted octanol–water partition coefficient (Wildman–Crippen LogP) is 7.04. The Kier molecular flexibility index (Phi) is 7.70. The smallest absolute Gasteiger partial charge is 0.255 e. The molecule has 36 heavy (non-hydrogen) atoms. The maximum absolute atomic E-state index is 12.9. The predicted molar refractivity (Wildman–Crippen MR) is 147 cm³/mol. The molecule has 1 amide bonds. The maximum atomic E-state index is 12.9. The molecule has 0 bridgehead atoms. The number of ether oxygens (including phenoxy) is 2. The van der Waals surface area contributed by atoms with Gasteiger partial charge in [-0.3, -0.25) is 9.69 Å². The van der Waals surface area contributed by atoms with Crippen molar-refractivity contribution in [1.82, 2.24) is 4.90 Å². The fourth-order valence-corrected chi connectivity index (χ4v) is 5.41. The van der Waals surface area contributed by atoms with Gasteiger partial charge in [0.15, 0.2) is 11.5 Å². The highest BCUT2D eigenvalue weighted by atomic mass is 16.5. The van der Waals surface area contributed by atoms with Crippen LogP contribution in [0, 0.1) is 0 Å². The van der Waals surface area contributed by atoms with Gasteiger partial charge >= 0.3 is 0 Å². The van der Waals surface area contributed by atoms with Crippen molar-refractivity contribution >= 4 is 11.6 Å². The number of carbonyl (C=O) groups is 1. The summed E-state index contributed by atoms with van der Waals surface area (Å²) in [5.41, 5.74) is 3.75. The molecule has 1 fully saturated rings. The van der Waals surface area contributed by atoms with Crippen molar-refractivity contribution in [3.63, 3.8) is 0 Å². The van der Waals surface area contributed by atoms with E-state index in [4.69, 9.17) is 9.47 Å². The Hall–Kier alpha value is -3.31. The average Bonchev–Trinajstić information content (AvgIpc) is 2.86. The van der Waals surface area contributed by atoms with Gasteiger partial charge in [0.2, 0.25) is 0 Å². The minimum Gasteiger partial charge on any atom is -0.493 e. The summed E-state index contributed by atoms with van der Waals surface area (Å²) >= 11 is 0. The lowest BCUT2D eigenvalue weighted by Crippen LogP contribution is -2.59. The highest BCUT2D eigenvalue weighted by Gasteiger charge is 2.40. The number of hydrogen-bond acceptors (Lipinski definition) is 4. The zero-order valence-electron chi connectivity index (χ0n) is 22.1. The van der Waals surface area contributed by atoms with E-state index < -0.39 is 0 Å². The molecule has 1 aliphatic heterocycles. The molecule has 0 atom stereocenters. The summed E-state index contributed by atoms with van der Waals surface area (Å²) in [6.07, 6.45) is 3.63. The average molecular weight is 487 g/mol. The number of hydrogen-bond donors (Lipinski definition) is 1. The third-order valence-electron chi connectivity index (χ3n) is 7.29. The lowest BCUT2D eigenvalue weighted by Gasteiger charge is -2.53. The van der Waals surface area contributed by atoms with E-state index in [1.165, 1.54) is 19.3 Å². The number of rotatable bonds is 8. The molecule has 0 aromatic heterocycles. The molecule has 5 nitrogen and oxygen atoms in total. The Balaban J connectivity index is 1.41. The summed E-state index contributed by atoms with van der Waals surface area (Å²) in [5.74, 6) is 1.11. The first-order valence-electron chi connectivity index (χ1n) is 12.7. The molecule has 3 aromatic rings. The number of benzene rings is 3. The van der Waals surface area contributed by atoms with Crippen LogP contribution < -0.4 is 14.8 Å². The van der Waals surface area contributed by atoms with Gasteiger partial charge in [-0.25, -0.2) is 0 Å². The van der Waals surface area contributed by atoms with E-state index >= 15 is 0 Å². The lowest BCUT2D eigenvalue weighted by atomic mass is 9.80. The van der Waals surface area contributed by atoms with Crippen molar-refractivity contribution in [2.75, 3.05) is 25.6 Å². The second kappa shape index (κ2) is 10.8. The van der Waals surface area contributed by atoms with Gasteiger partial charge in [-0.15, -0.1) is 0 Å². The molecule has 0 spiro atoms. The summed E-state index contributed by atoms with van der Waals surface area (Å²) in [7, 11) is 1.63. The van der Waals surface area contributed by atoms with E-state index in [-0.39, 0.29) is 17.0 Å². The van der Waals surface area contributed by atoms with Gasteiger partial charge in [0.1, 0.15) is 6.61 Å². The van der Waals surface area contributed by atoms with E-state index in [9.17, 15) is 4.79 Å². The standard InChI is InChI=1S/C31H38N2O3/c1-30(2)18-9-19-31(3,4)33(30)20-21-36-28-22-26(16-17-27(28)35-5)32-29(34)25-14-12-24(13-15-25)23-10-7-6-8-11-23/h6-8,10-17,22H,9,18-21H2,1-5H3,(H,32,34). The minimum atomic E-state index is -0.164. The normalized spacial score (nSPS) is 16.8. The topological polar surface area (TPSA) is 50.8 Å². The van der Waals surface area contributed by atoms with Crippen molar-refractivity contribution in [2.24, 2.45) is 0 Å². The molecule has 1 N–H and O–H groups in total. The quantitative estimate of drug-likeness (QED) is 0.371. The van der Waals surface area contributed by atoms with Crippen LogP contribution >= 0.6 is 0 Å². The summed E-state index contributed by atoms with van der Waals surface area (Å²) in [5, 5.41) is 2.99. The van der Waals surface area contributed by atoms with Gasteiger partial charge < -0.3 is 14.8 Å². The number of piperidine rings is 1. The van der Waals surface area contributed by atoms with Crippen molar-refractivity contribution in [3.8, 4) is 22.6 Å². The second-order valence-electron chi connectivity index (χ2n) is 10.7. The van der Waals surface area contributed by atoms with Crippen LogP contribution in [-0.2, 0) is 0 Å².